The maximum absolute atomic E-state index is 13.7. The fraction of sp³-hybridized carbons (Fsp3) is 1.00. The normalized spacial score (nSPS) is 29.8. The molecule has 9 heteroatoms. The maximum atomic E-state index is 13.7. The molecule has 0 radical (unpaired) electrons. The Morgan fingerprint density at radius 2 is 0.967 bits per heavy atom. The van der Waals surface area contributed by atoms with Crippen LogP contribution in [-0.2, 0) is 0 Å². The molecule has 0 unspecified atom stereocenters. The summed E-state index contributed by atoms with van der Waals surface area (Å²) >= 11 is 0. The van der Waals surface area contributed by atoms with Crippen LogP contribution in [0.25, 0.3) is 0 Å². The first-order valence-corrected chi connectivity index (χ1v) is 10.9. The lowest BCUT2D eigenvalue weighted by Crippen LogP contribution is -2.60. The van der Waals surface area contributed by atoms with E-state index in [1.165, 1.54) is 25.7 Å². The molecular weight excluding hydrogens is 423 g/mol. The molecule has 0 aromatic heterocycles. The van der Waals surface area contributed by atoms with Gasteiger partial charge < -0.3 is 0 Å². The molecule has 0 atom stereocenters. The minimum atomic E-state index is -6.78. The van der Waals surface area contributed by atoms with Crippen LogP contribution in [0.1, 0.15) is 84.0 Å². The third-order valence-corrected chi connectivity index (χ3v) is 7.22. The number of halogens is 9. The Morgan fingerprint density at radius 3 is 1.33 bits per heavy atom. The summed E-state index contributed by atoms with van der Waals surface area (Å²) < 4.78 is 117. The second-order valence-corrected chi connectivity index (χ2v) is 9.24. The summed E-state index contributed by atoms with van der Waals surface area (Å²) in [6, 6.07) is 0. The van der Waals surface area contributed by atoms with E-state index >= 15 is 0 Å². The van der Waals surface area contributed by atoms with Gasteiger partial charge in [0.1, 0.15) is 0 Å². The molecule has 2 rings (SSSR count). The summed E-state index contributed by atoms with van der Waals surface area (Å²) in [7, 11) is 0. The van der Waals surface area contributed by atoms with Crippen molar-refractivity contribution in [1.82, 2.24) is 0 Å². The van der Waals surface area contributed by atoms with E-state index in [9.17, 15) is 39.5 Å². The molecule has 0 bridgehead atoms. The van der Waals surface area contributed by atoms with Gasteiger partial charge in [-0.05, 0) is 55.8 Å². The van der Waals surface area contributed by atoms with E-state index in [2.05, 4.69) is 6.92 Å². The van der Waals surface area contributed by atoms with Crippen LogP contribution in [0.15, 0.2) is 0 Å². The van der Waals surface area contributed by atoms with Crippen molar-refractivity contribution in [1.29, 1.82) is 0 Å². The quantitative estimate of drug-likeness (QED) is 0.322. The summed E-state index contributed by atoms with van der Waals surface area (Å²) in [5.41, 5.74) is 0. The van der Waals surface area contributed by atoms with Gasteiger partial charge in [-0.25, -0.2) is 0 Å². The van der Waals surface area contributed by atoms with Gasteiger partial charge in [0.25, 0.3) is 0 Å². The third kappa shape index (κ3) is 5.40. The molecule has 0 aromatic rings. The molecule has 0 aliphatic heterocycles. The molecule has 0 saturated heterocycles. The first-order chi connectivity index (χ1) is 13.7. The average Bonchev–Trinajstić information content (AvgIpc) is 2.66. The van der Waals surface area contributed by atoms with E-state index < -0.39 is 36.8 Å². The van der Waals surface area contributed by atoms with E-state index in [1.54, 1.807) is 0 Å². The molecule has 0 aromatic carbocycles. The van der Waals surface area contributed by atoms with Crippen LogP contribution in [-0.4, -0.2) is 23.9 Å². The number of alkyl halides is 9. The van der Waals surface area contributed by atoms with Gasteiger partial charge in [-0.2, -0.15) is 39.5 Å². The molecule has 2 fully saturated rings. The first-order valence-electron chi connectivity index (χ1n) is 10.9. The minimum Gasteiger partial charge on any atom is -0.200 e. The summed E-state index contributed by atoms with van der Waals surface area (Å²) in [6.07, 6.45) is 0.735. The Balaban J connectivity index is 1.82. The Hall–Kier alpha value is -0.630. The highest BCUT2D eigenvalue weighted by Gasteiger charge is 2.81. The van der Waals surface area contributed by atoms with E-state index in [4.69, 9.17) is 0 Å². The van der Waals surface area contributed by atoms with Crippen LogP contribution >= 0.6 is 0 Å². The molecule has 0 N–H and O–H groups in total. The van der Waals surface area contributed by atoms with Crippen LogP contribution in [0.5, 0.6) is 0 Å². The van der Waals surface area contributed by atoms with E-state index in [1.807, 2.05) is 0 Å². The van der Waals surface area contributed by atoms with E-state index in [0.29, 0.717) is 24.7 Å². The predicted octanol–water partition coefficient (Wildman–Crippen LogP) is 8.65. The topological polar surface area (TPSA) is 0 Å². The van der Waals surface area contributed by atoms with Crippen molar-refractivity contribution < 1.29 is 39.5 Å². The molecule has 0 amide bonds. The highest BCUT2D eigenvalue weighted by molar-refractivity contribution is 5.00. The summed E-state index contributed by atoms with van der Waals surface area (Å²) in [5, 5.41) is 0. The molecule has 178 valence electrons. The van der Waals surface area contributed by atoms with E-state index in [0.717, 1.165) is 31.6 Å². The monoisotopic (exact) mass is 454 g/mol. The minimum absolute atomic E-state index is 0.348. The lowest BCUT2D eigenvalue weighted by Gasteiger charge is -2.38. The third-order valence-electron chi connectivity index (χ3n) is 7.22. The van der Waals surface area contributed by atoms with Gasteiger partial charge in [0.15, 0.2) is 0 Å². The fourth-order valence-corrected chi connectivity index (χ4v) is 5.25. The maximum Gasteiger partial charge on any atom is 0.460 e. The van der Waals surface area contributed by atoms with Crippen molar-refractivity contribution in [3.63, 3.8) is 0 Å². The van der Waals surface area contributed by atoms with Crippen LogP contribution in [0.4, 0.5) is 39.5 Å². The summed E-state index contributed by atoms with van der Waals surface area (Å²) in [6.45, 7) is 2.16. The lowest BCUT2D eigenvalue weighted by molar-refractivity contribution is -0.397. The van der Waals surface area contributed by atoms with Crippen molar-refractivity contribution in [2.75, 3.05) is 0 Å². The largest absolute Gasteiger partial charge is 0.460 e. The molecule has 0 nitrogen and oxygen atoms in total. The van der Waals surface area contributed by atoms with Crippen LogP contribution in [0, 0.1) is 23.7 Å². The van der Waals surface area contributed by atoms with Gasteiger partial charge in [-0.15, -0.1) is 0 Å². The zero-order valence-corrected chi connectivity index (χ0v) is 17.2. The van der Waals surface area contributed by atoms with Crippen LogP contribution < -0.4 is 0 Å². The number of rotatable bonds is 8. The Bertz CT molecular complexity index is 525. The van der Waals surface area contributed by atoms with Crippen molar-refractivity contribution in [2.45, 2.75) is 108 Å². The fourth-order valence-electron chi connectivity index (χ4n) is 5.25. The average molecular weight is 454 g/mol. The Labute approximate surface area is 172 Å². The first kappa shape index (κ1) is 25.6. The van der Waals surface area contributed by atoms with Gasteiger partial charge >= 0.3 is 23.9 Å². The van der Waals surface area contributed by atoms with Crippen LogP contribution in [0.3, 0.4) is 0 Å². The smallest absolute Gasteiger partial charge is 0.200 e. The molecule has 30 heavy (non-hydrogen) atoms. The van der Waals surface area contributed by atoms with Gasteiger partial charge in [0.2, 0.25) is 0 Å². The molecule has 0 heterocycles. The van der Waals surface area contributed by atoms with Gasteiger partial charge in [0, 0.05) is 6.42 Å². The van der Waals surface area contributed by atoms with Crippen molar-refractivity contribution in [2.24, 2.45) is 23.7 Å². The van der Waals surface area contributed by atoms with Crippen molar-refractivity contribution in [3.05, 3.63) is 0 Å². The van der Waals surface area contributed by atoms with Gasteiger partial charge in [-0.3, -0.25) is 0 Å². The molecule has 2 aliphatic carbocycles. The molecule has 2 saturated carbocycles. The van der Waals surface area contributed by atoms with Gasteiger partial charge in [-0.1, -0.05) is 45.4 Å². The Kier molecular flexibility index (Phi) is 8.09. The molecule has 2 aliphatic rings. The number of hydrogen-bond acceptors (Lipinski definition) is 0. The summed E-state index contributed by atoms with van der Waals surface area (Å²) in [5.74, 6) is -17.2. The number of hydrogen-bond donors (Lipinski definition) is 0. The predicted molar refractivity (Wildman–Crippen MR) is 95.9 cm³/mol. The molecule has 0 spiro atoms. The van der Waals surface area contributed by atoms with Crippen molar-refractivity contribution >= 4 is 0 Å². The highest BCUT2D eigenvalue weighted by atomic mass is 19.4. The zero-order chi connectivity index (χ0) is 22.8. The van der Waals surface area contributed by atoms with E-state index in [-0.39, 0.29) is 5.92 Å². The van der Waals surface area contributed by atoms with Gasteiger partial charge in [0.05, 0.1) is 0 Å². The molecular formula is C21H31F9. The SMILES string of the molecule is CCCC1CCC(C2CCC(CCC(F)(F)C(F)(F)C(F)(F)C(F)(F)F)CC2)CC1. The van der Waals surface area contributed by atoms with Crippen LogP contribution in [0.2, 0.25) is 0 Å². The second kappa shape index (κ2) is 9.47. The highest BCUT2D eigenvalue weighted by Crippen LogP contribution is 2.55. The lowest BCUT2D eigenvalue weighted by atomic mass is 9.68. The zero-order valence-electron chi connectivity index (χ0n) is 17.2. The summed E-state index contributed by atoms with van der Waals surface area (Å²) in [4.78, 5) is 0. The Morgan fingerprint density at radius 1 is 0.567 bits per heavy atom. The second-order valence-electron chi connectivity index (χ2n) is 9.24. The van der Waals surface area contributed by atoms with Crippen molar-refractivity contribution in [3.8, 4) is 0 Å². The standard InChI is InChI=1S/C21H31F9/c1-2-3-14-4-8-16(9-5-14)17-10-6-15(7-11-17)12-13-18(22,23)19(24,25)20(26,27)21(28,29)30/h14-17H,2-13H2,1H3.